The van der Waals surface area contributed by atoms with Crippen molar-refractivity contribution in [3.63, 3.8) is 0 Å². The van der Waals surface area contributed by atoms with E-state index in [-0.39, 0.29) is 0 Å². The summed E-state index contributed by atoms with van der Waals surface area (Å²) in [7, 11) is -4.03. The summed E-state index contributed by atoms with van der Waals surface area (Å²) in [6, 6.07) is 7.45. The molecule has 0 fully saturated rings. The number of thiol groups is 1. The molecule has 5 heteroatoms. The quantitative estimate of drug-likeness (QED) is 0.598. The number of hydrogen-bond acceptors (Lipinski definition) is 3. The summed E-state index contributed by atoms with van der Waals surface area (Å²) in [5.41, 5.74) is 1.78. The van der Waals surface area contributed by atoms with Crippen molar-refractivity contribution in [2.45, 2.75) is 24.5 Å². The topological polar surface area (TPSA) is 54.4 Å². The van der Waals surface area contributed by atoms with Gasteiger partial charge in [-0.1, -0.05) is 36.9 Å². The third kappa shape index (κ3) is 4.48. The molecule has 0 saturated heterocycles. The Balaban J connectivity index is 2.92. The third-order valence-electron chi connectivity index (χ3n) is 2.83. The fourth-order valence-electron chi connectivity index (χ4n) is 1.84. The molecule has 0 radical (unpaired) electrons. The van der Waals surface area contributed by atoms with Gasteiger partial charge in [-0.05, 0) is 36.1 Å². The molecule has 18 heavy (non-hydrogen) atoms. The molecular weight excluding hydrogens is 268 g/mol. The Morgan fingerprint density at radius 3 is 2.61 bits per heavy atom. The van der Waals surface area contributed by atoms with Crippen molar-refractivity contribution in [2.75, 3.05) is 5.75 Å². The van der Waals surface area contributed by atoms with Gasteiger partial charge in [0, 0.05) is 0 Å². The van der Waals surface area contributed by atoms with E-state index in [0.29, 0.717) is 25.0 Å². The monoisotopic (exact) mass is 286 g/mol. The summed E-state index contributed by atoms with van der Waals surface area (Å²) in [4.78, 5) is 0. The zero-order valence-electron chi connectivity index (χ0n) is 10.1. The first-order valence-electron chi connectivity index (χ1n) is 5.76. The van der Waals surface area contributed by atoms with Crippen LogP contribution >= 0.6 is 12.6 Å². The summed E-state index contributed by atoms with van der Waals surface area (Å²) in [5.74, 6) is 0.606. The lowest BCUT2D eigenvalue weighted by molar-refractivity contribution is 0.460. The van der Waals surface area contributed by atoms with Gasteiger partial charge < -0.3 is 0 Å². The average molecular weight is 286 g/mol. The van der Waals surface area contributed by atoms with Crippen molar-refractivity contribution in [1.82, 2.24) is 0 Å². The Hall–Kier alpha value is -0.780. The highest BCUT2D eigenvalue weighted by Crippen LogP contribution is 2.18. The van der Waals surface area contributed by atoms with Gasteiger partial charge in [0.05, 0.1) is 5.25 Å². The second-order valence-corrected chi connectivity index (χ2v) is 6.25. The van der Waals surface area contributed by atoms with Crippen LogP contribution in [0.5, 0.6) is 0 Å². The van der Waals surface area contributed by atoms with E-state index in [1.54, 1.807) is 6.08 Å². The Labute approximate surface area is 114 Å². The summed E-state index contributed by atoms with van der Waals surface area (Å²) >= 11 is 4.06. The minimum Gasteiger partial charge on any atom is -0.285 e. The van der Waals surface area contributed by atoms with Gasteiger partial charge in [-0.15, -0.1) is 0 Å². The first-order chi connectivity index (χ1) is 8.49. The highest BCUT2D eigenvalue weighted by Gasteiger charge is 2.23. The highest BCUT2D eigenvalue weighted by molar-refractivity contribution is 7.86. The third-order valence-corrected chi connectivity index (χ3v) is 4.39. The van der Waals surface area contributed by atoms with Crippen molar-refractivity contribution in [2.24, 2.45) is 0 Å². The molecule has 1 aromatic carbocycles. The van der Waals surface area contributed by atoms with Crippen LogP contribution in [-0.4, -0.2) is 24.0 Å². The lowest BCUT2D eigenvalue weighted by Gasteiger charge is -2.15. The van der Waals surface area contributed by atoms with Crippen molar-refractivity contribution in [1.29, 1.82) is 0 Å². The zero-order chi connectivity index (χ0) is 13.6. The Morgan fingerprint density at radius 1 is 1.39 bits per heavy atom. The smallest absolute Gasteiger partial charge is 0.268 e. The first-order valence-corrected chi connectivity index (χ1v) is 7.90. The molecule has 100 valence electrons. The van der Waals surface area contributed by atoms with E-state index < -0.39 is 15.4 Å². The molecule has 1 rings (SSSR count). The standard InChI is InChI=1S/C13H18O3S2/c1-2-11-6-3-4-7-12(11)10-13(8-5-9-17)18(14,15)16/h2-4,6-7,13,17H,1,5,8-10H2,(H,14,15,16). The van der Waals surface area contributed by atoms with Gasteiger partial charge in [0.25, 0.3) is 10.1 Å². The summed E-state index contributed by atoms with van der Waals surface area (Å²) in [5, 5.41) is -0.772. The van der Waals surface area contributed by atoms with Crippen molar-refractivity contribution >= 4 is 28.8 Å². The Morgan fingerprint density at radius 2 is 2.06 bits per heavy atom. The van der Waals surface area contributed by atoms with Gasteiger partial charge in [0.15, 0.2) is 0 Å². The predicted octanol–water partition coefficient (Wildman–Crippen LogP) is 2.84. The molecule has 0 saturated carbocycles. The van der Waals surface area contributed by atoms with Crippen LogP contribution in [0.2, 0.25) is 0 Å². The molecule has 1 N–H and O–H groups in total. The summed E-state index contributed by atoms with van der Waals surface area (Å²) < 4.78 is 31.9. The van der Waals surface area contributed by atoms with Crippen LogP contribution in [0.3, 0.4) is 0 Å². The van der Waals surface area contributed by atoms with Gasteiger partial charge in [-0.25, -0.2) is 0 Å². The van der Waals surface area contributed by atoms with Crippen LogP contribution < -0.4 is 0 Å². The molecular formula is C13H18O3S2. The van der Waals surface area contributed by atoms with Gasteiger partial charge in [0.2, 0.25) is 0 Å². The average Bonchev–Trinajstić information content (AvgIpc) is 2.33. The number of rotatable bonds is 7. The van der Waals surface area contributed by atoms with E-state index in [1.807, 2.05) is 24.3 Å². The zero-order valence-corrected chi connectivity index (χ0v) is 11.8. The molecule has 0 aliphatic rings. The molecule has 1 atom stereocenters. The Kier molecular flexibility index (Phi) is 5.91. The fourth-order valence-corrected chi connectivity index (χ4v) is 2.88. The van der Waals surface area contributed by atoms with E-state index >= 15 is 0 Å². The second kappa shape index (κ2) is 6.97. The predicted molar refractivity (Wildman–Crippen MR) is 78.7 cm³/mol. The lowest BCUT2D eigenvalue weighted by Crippen LogP contribution is -2.23. The maximum Gasteiger partial charge on any atom is 0.268 e. The normalized spacial score (nSPS) is 13.2. The number of benzene rings is 1. The molecule has 0 aliphatic carbocycles. The minimum absolute atomic E-state index is 0.300. The van der Waals surface area contributed by atoms with Crippen molar-refractivity contribution < 1.29 is 13.0 Å². The van der Waals surface area contributed by atoms with Gasteiger partial charge >= 0.3 is 0 Å². The van der Waals surface area contributed by atoms with Gasteiger partial charge in [-0.3, -0.25) is 4.55 Å². The second-order valence-electron chi connectivity index (χ2n) is 4.11. The van der Waals surface area contributed by atoms with Crippen LogP contribution in [0.15, 0.2) is 30.8 Å². The lowest BCUT2D eigenvalue weighted by atomic mass is 10.0. The first kappa shape index (κ1) is 15.3. The molecule has 0 bridgehead atoms. The van der Waals surface area contributed by atoms with E-state index in [2.05, 4.69) is 19.2 Å². The molecule has 0 heterocycles. The maximum atomic E-state index is 11.3. The van der Waals surface area contributed by atoms with Gasteiger partial charge in [-0.2, -0.15) is 21.0 Å². The summed E-state index contributed by atoms with van der Waals surface area (Å²) in [6.45, 7) is 3.70. The van der Waals surface area contributed by atoms with E-state index in [4.69, 9.17) is 0 Å². The van der Waals surface area contributed by atoms with Crippen LogP contribution in [0.25, 0.3) is 6.08 Å². The van der Waals surface area contributed by atoms with Crippen molar-refractivity contribution in [3.05, 3.63) is 42.0 Å². The largest absolute Gasteiger partial charge is 0.285 e. The fraction of sp³-hybridized carbons (Fsp3) is 0.385. The SMILES string of the molecule is C=Cc1ccccc1CC(CCCS)S(=O)(=O)O. The minimum atomic E-state index is -4.03. The van der Waals surface area contributed by atoms with Crippen LogP contribution in [0, 0.1) is 0 Å². The van der Waals surface area contributed by atoms with E-state index in [0.717, 1.165) is 11.1 Å². The molecule has 0 spiro atoms. The van der Waals surface area contributed by atoms with Crippen LogP contribution in [0.1, 0.15) is 24.0 Å². The Bertz CT molecular complexity index is 495. The molecule has 0 aromatic heterocycles. The molecule has 0 aliphatic heterocycles. The highest BCUT2D eigenvalue weighted by atomic mass is 32.2. The molecule has 1 aromatic rings. The molecule has 1 unspecified atom stereocenters. The van der Waals surface area contributed by atoms with E-state index in [1.165, 1.54) is 0 Å². The number of hydrogen-bond donors (Lipinski definition) is 2. The summed E-state index contributed by atoms with van der Waals surface area (Å²) in [6.07, 6.45) is 3.06. The van der Waals surface area contributed by atoms with E-state index in [9.17, 15) is 13.0 Å². The maximum absolute atomic E-state index is 11.3. The van der Waals surface area contributed by atoms with Crippen LogP contribution in [-0.2, 0) is 16.5 Å². The van der Waals surface area contributed by atoms with Gasteiger partial charge in [0.1, 0.15) is 0 Å². The molecule has 0 amide bonds. The van der Waals surface area contributed by atoms with Crippen molar-refractivity contribution in [3.8, 4) is 0 Å². The van der Waals surface area contributed by atoms with Crippen LogP contribution in [0.4, 0.5) is 0 Å². The molecule has 3 nitrogen and oxygen atoms in total.